The van der Waals surface area contributed by atoms with Gasteiger partial charge in [0.15, 0.2) is 0 Å². The summed E-state index contributed by atoms with van der Waals surface area (Å²) in [6.45, 7) is 5.78. The van der Waals surface area contributed by atoms with Crippen LogP contribution in [0, 0.1) is 10.5 Å². The van der Waals surface area contributed by atoms with Gasteiger partial charge < -0.3 is 20.1 Å². The zero-order chi connectivity index (χ0) is 25.5. The number of carbonyl (C=O) groups is 2. The van der Waals surface area contributed by atoms with E-state index < -0.39 is 46.5 Å². The Morgan fingerprint density at radius 2 is 1.85 bits per heavy atom. The first-order valence-electron chi connectivity index (χ1n) is 10.4. The monoisotopic (exact) mass is 605 g/mol. The lowest BCUT2D eigenvalue weighted by atomic mass is 9.97. The topological polar surface area (TPSA) is 141 Å². The standard InChI is InChI=1S/C22H28IN3O7S/c1-14-5-7-15(8-6-14)34(30,31)32-13-22(12-27)11-25(20(29)33-21(2,3)4)10-17-18(19(24)28)16(23)9-26(17)22/h5-9,27H,10-13H2,1-4H3,(H2,24,28). The van der Waals surface area contributed by atoms with E-state index in [4.69, 9.17) is 14.7 Å². The molecule has 10 nitrogen and oxygen atoms in total. The van der Waals surface area contributed by atoms with Crippen LogP contribution in [0.25, 0.3) is 0 Å². The molecule has 0 saturated heterocycles. The van der Waals surface area contributed by atoms with Gasteiger partial charge in [-0.25, -0.2) is 4.79 Å². The van der Waals surface area contributed by atoms with Crippen molar-refractivity contribution in [1.82, 2.24) is 9.47 Å². The van der Waals surface area contributed by atoms with Crippen molar-refractivity contribution >= 4 is 44.7 Å². The molecule has 0 bridgehead atoms. The number of aliphatic hydroxyl groups is 1. The van der Waals surface area contributed by atoms with Crippen LogP contribution in [0.4, 0.5) is 4.79 Å². The van der Waals surface area contributed by atoms with E-state index in [9.17, 15) is 23.1 Å². The Kier molecular flexibility index (Phi) is 7.37. The fraction of sp³-hybridized carbons (Fsp3) is 0.455. The average molecular weight is 605 g/mol. The minimum atomic E-state index is -4.17. The van der Waals surface area contributed by atoms with E-state index in [1.54, 1.807) is 43.7 Å². The Balaban J connectivity index is 2.03. The number of aliphatic hydroxyl groups excluding tert-OH is 1. The molecule has 1 atom stereocenters. The van der Waals surface area contributed by atoms with E-state index in [0.717, 1.165) is 5.56 Å². The highest BCUT2D eigenvalue weighted by molar-refractivity contribution is 14.1. The Bertz CT molecular complexity index is 1200. The first-order chi connectivity index (χ1) is 15.7. The lowest BCUT2D eigenvalue weighted by molar-refractivity contribution is -0.0135. The van der Waals surface area contributed by atoms with Crippen LogP contribution in [-0.4, -0.2) is 60.4 Å². The molecule has 1 aromatic carbocycles. The SMILES string of the molecule is Cc1ccc(S(=O)(=O)OCC2(CO)CN(C(=O)OC(C)(C)C)Cc3c(C(N)=O)c(I)cn32)cc1. The first kappa shape index (κ1) is 26.4. The van der Waals surface area contributed by atoms with Gasteiger partial charge >= 0.3 is 6.09 Å². The van der Waals surface area contributed by atoms with Crippen LogP contribution in [0.5, 0.6) is 0 Å². The number of carbonyl (C=O) groups excluding carboxylic acids is 2. The van der Waals surface area contributed by atoms with Gasteiger partial charge in [-0.15, -0.1) is 0 Å². The summed E-state index contributed by atoms with van der Waals surface area (Å²) >= 11 is 1.94. The number of nitrogens with zero attached hydrogens (tertiary/aromatic N) is 2. The van der Waals surface area contributed by atoms with Crippen LogP contribution >= 0.6 is 22.6 Å². The van der Waals surface area contributed by atoms with Gasteiger partial charge in [0.2, 0.25) is 0 Å². The van der Waals surface area contributed by atoms with E-state index in [2.05, 4.69) is 0 Å². The smallest absolute Gasteiger partial charge is 0.410 e. The minimum Gasteiger partial charge on any atom is -0.444 e. The molecular formula is C22H28IN3O7S. The molecule has 1 aromatic heterocycles. The predicted molar refractivity (Wildman–Crippen MR) is 132 cm³/mol. The van der Waals surface area contributed by atoms with Crippen molar-refractivity contribution < 1.29 is 32.0 Å². The highest BCUT2D eigenvalue weighted by atomic mass is 127. The minimum absolute atomic E-state index is 0.0113. The second-order valence-electron chi connectivity index (χ2n) is 9.28. The van der Waals surface area contributed by atoms with Gasteiger partial charge in [-0.05, 0) is 62.4 Å². The Labute approximate surface area is 212 Å². The van der Waals surface area contributed by atoms with Crippen molar-refractivity contribution in [3.8, 4) is 0 Å². The molecule has 0 fully saturated rings. The number of aromatic nitrogens is 1. The number of benzene rings is 1. The van der Waals surface area contributed by atoms with E-state index in [1.165, 1.54) is 17.0 Å². The molecule has 3 rings (SSSR count). The predicted octanol–water partition coefficient (Wildman–Crippen LogP) is 2.34. The molecule has 12 heteroatoms. The number of ether oxygens (including phenoxy) is 1. The van der Waals surface area contributed by atoms with Gasteiger partial charge in [0.1, 0.15) is 11.1 Å². The number of nitrogens with two attached hydrogens (primary N) is 1. The Hall–Kier alpha value is -2.16. The van der Waals surface area contributed by atoms with E-state index in [-0.39, 0.29) is 23.5 Å². The van der Waals surface area contributed by atoms with Crippen molar-refractivity contribution in [2.45, 2.75) is 50.3 Å². The third-order valence-electron chi connectivity index (χ3n) is 5.38. The average Bonchev–Trinajstić information content (AvgIpc) is 3.07. The number of amides is 2. The molecule has 1 aliphatic rings. The number of rotatable bonds is 6. The zero-order valence-corrected chi connectivity index (χ0v) is 22.3. The largest absolute Gasteiger partial charge is 0.444 e. The summed E-state index contributed by atoms with van der Waals surface area (Å²) in [4.78, 5) is 26.3. The normalized spacial score (nSPS) is 18.5. The molecule has 34 heavy (non-hydrogen) atoms. The molecule has 2 amide bonds. The molecule has 0 saturated carbocycles. The third-order valence-corrected chi connectivity index (χ3v) is 7.48. The summed E-state index contributed by atoms with van der Waals surface area (Å²) in [5, 5.41) is 10.5. The molecule has 1 aliphatic heterocycles. The maximum atomic E-state index is 12.9. The number of halogens is 1. The van der Waals surface area contributed by atoms with Crippen LogP contribution in [0.3, 0.4) is 0 Å². The highest BCUT2D eigenvalue weighted by Crippen LogP contribution is 2.34. The lowest BCUT2D eigenvalue weighted by Gasteiger charge is -2.43. The molecule has 3 N–H and O–H groups in total. The highest BCUT2D eigenvalue weighted by Gasteiger charge is 2.45. The van der Waals surface area contributed by atoms with Crippen LogP contribution in [0.2, 0.25) is 0 Å². The zero-order valence-electron chi connectivity index (χ0n) is 19.4. The fourth-order valence-electron chi connectivity index (χ4n) is 3.72. The summed E-state index contributed by atoms with van der Waals surface area (Å²) in [5.74, 6) is -0.704. The molecule has 2 aromatic rings. The molecule has 1 unspecified atom stereocenters. The summed E-state index contributed by atoms with van der Waals surface area (Å²) in [6.07, 6.45) is 0.921. The van der Waals surface area contributed by atoms with Crippen LogP contribution < -0.4 is 5.73 Å². The second kappa shape index (κ2) is 9.47. The number of hydrogen-bond acceptors (Lipinski definition) is 7. The van der Waals surface area contributed by atoms with Gasteiger partial charge in [0.05, 0.1) is 42.5 Å². The number of primary amides is 1. The van der Waals surface area contributed by atoms with E-state index in [1.807, 2.05) is 29.5 Å². The van der Waals surface area contributed by atoms with E-state index in [0.29, 0.717) is 9.26 Å². The van der Waals surface area contributed by atoms with Gasteiger partial charge in [0.25, 0.3) is 16.0 Å². The molecular weight excluding hydrogens is 577 g/mol. The number of hydrogen-bond donors (Lipinski definition) is 2. The molecule has 0 aliphatic carbocycles. The molecule has 0 radical (unpaired) electrons. The van der Waals surface area contributed by atoms with Crippen LogP contribution in [-0.2, 0) is 31.1 Å². The Morgan fingerprint density at radius 3 is 2.38 bits per heavy atom. The quantitative estimate of drug-likeness (QED) is 0.381. The third kappa shape index (κ3) is 5.39. The summed E-state index contributed by atoms with van der Waals surface area (Å²) in [7, 11) is -4.17. The van der Waals surface area contributed by atoms with Crippen LogP contribution in [0.15, 0.2) is 35.4 Å². The van der Waals surface area contributed by atoms with Crippen molar-refractivity contribution in [2.75, 3.05) is 19.8 Å². The van der Waals surface area contributed by atoms with Gasteiger partial charge in [-0.2, -0.15) is 8.42 Å². The maximum absolute atomic E-state index is 12.9. The van der Waals surface area contributed by atoms with Crippen LogP contribution in [0.1, 0.15) is 42.4 Å². The summed E-state index contributed by atoms with van der Waals surface area (Å²) < 4.78 is 38.6. The van der Waals surface area contributed by atoms with Crippen molar-refractivity contribution in [2.24, 2.45) is 5.73 Å². The maximum Gasteiger partial charge on any atom is 0.410 e. The van der Waals surface area contributed by atoms with E-state index >= 15 is 0 Å². The van der Waals surface area contributed by atoms with Gasteiger partial charge in [-0.1, -0.05) is 17.7 Å². The lowest BCUT2D eigenvalue weighted by Crippen LogP contribution is -2.57. The van der Waals surface area contributed by atoms with Gasteiger partial charge in [-0.3, -0.25) is 13.9 Å². The second-order valence-corrected chi connectivity index (χ2v) is 12.1. The molecule has 186 valence electrons. The molecule has 0 spiro atoms. The van der Waals surface area contributed by atoms with Crippen molar-refractivity contribution in [3.05, 3.63) is 50.9 Å². The number of fused-ring (bicyclic) bond motifs is 1. The fourth-order valence-corrected chi connectivity index (χ4v) is 5.56. The van der Waals surface area contributed by atoms with Gasteiger partial charge in [0, 0.05) is 9.77 Å². The summed E-state index contributed by atoms with van der Waals surface area (Å²) in [6, 6.07) is 6.15. The molecule has 2 heterocycles. The first-order valence-corrected chi connectivity index (χ1v) is 12.9. The Morgan fingerprint density at radius 1 is 1.24 bits per heavy atom. The van der Waals surface area contributed by atoms with Crippen molar-refractivity contribution in [1.29, 1.82) is 0 Å². The summed E-state index contributed by atoms with van der Waals surface area (Å²) in [5.41, 5.74) is 4.83. The number of aryl methyl sites for hydroxylation is 1. The van der Waals surface area contributed by atoms with Crippen molar-refractivity contribution in [3.63, 3.8) is 0 Å².